The summed E-state index contributed by atoms with van der Waals surface area (Å²) in [6, 6.07) is 0. The van der Waals surface area contributed by atoms with Crippen molar-refractivity contribution in [1.82, 2.24) is 9.97 Å². The quantitative estimate of drug-likeness (QED) is 0.427. The van der Waals surface area contributed by atoms with E-state index in [-0.39, 0.29) is 6.61 Å². The molecular weight excluding hydrogens is 186 g/mol. The van der Waals surface area contributed by atoms with E-state index < -0.39 is 0 Å². The van der Waals surface area contributed by atoms with Gasteiger partial charge in [-0.15, -0.1) is 11.8 Å². The van der Waals surface area contributed by atoms with Crippen LogP contribution >= 0.6 is 11.8 Å². The summed E-state index contributed by atoms with van der Waals surface area (Å²) in [6.45, 7) is 2.11. The molecule has 0 fully saturated rings. The smallest absolute Gasteiger partial charge is 0.130 e. The van der Waals surface area contributed by atoms with Gasteiger partial charge in [-0.25, -0.2) is 9.97 Å². The molecule has 0 unspecified atom stereocenters. The van der Waals surface area contributed by atoms with Crippen LogP contribution in [-0.4, -0.2) is 27.4 Å². The van der Waals surface area contributed by atoms with Gasteiger partial charge < -0.3 is 10.8 Å². The third-order valence-electron chi connectivity index (χ3n) is 1.62. The summed E-state index contributed by atoms with van der Waals surface area (Å²) >= 11 is 1.59. The van der Waals surface area contributed by atoms with Gasteiger partial charge in [-0.3, -0.25) is 0 Å². The monoisotopic (exact) mass is 199 g/mol. The Kier molecular flexibility index (Phi) is 3.98. The molecule has 0 radical (unpaired) electrons. The highest BCUT2D eigenvalue weighted by molar-refractivity contribution is 7.99. The second kappa shape index (κ2) is 5.04. The van der Waals surface area contributed by atoms with Gasteiger partial charge in [0.1, 0.15) is 17.2 Å². The summed E-state index contributed by atoms with van der Waals surface area (Å²) in [4.78, 5) is 7.97. The molecule has 1 aromatic rings. The average molecular weight is 199 g/mol. The molecule has 1 aromatic heterocycles. The lowest BCUT2D eigenvalue weighted by Gasteiger charge is -2.04. The minimum Gasteiger partial charge on any atom is -0.396 e. The van der Waals surface area contributed by atoms with E-state index in [0.717, 1.165) is 22.8 Å². The molecule has 5 heteroatoms. The highest BCUT2D eigenvalue weighted by Crippen LogP contribution is 2.22. The second-order valence-corrected chi connectivity index (χ2v) is 3.70. The van der Waals surface area contributed by atoms with Gasteiger partial charge in [-0.1, -0.05) is 0 Å². The van der Waals surface area contributed by atoms with Crippen molar-refractivity contribution in [3.8, 4) is 0 Å². The van der Waals surface area contributed by atoms with E-state index in [1.165, 1.54) is 6.33 Å². The van der Waals surface area contributed by atoms with Crippen LogP contribution in [0.5, 0.6) is 0 Å². The molecule has 0 bridgehead atoms. The van der Waals surface area contributed by atoms with Gasteiger partial charge in [-0.05, 0) is 13.3 Å². The van der Waals surface area contributed by atoms with Crippen molar-refractivity contribution in [2.75, 3.05) is 18.1 Å². The highest BCUT2D eigenvalue weighted by Gasteiger charge is 2.03. The topological polar surface area (TPSA) is 72.0 Å². The van der Waals surface area contributed by atoms with E-state index in [9.17, 15) is 0 Å². The fraction of sp³-hybridized carbons (Fsp3) is 0.500. The van der Waals surface area contributed by atoms with E-state index in [2.05, 4.69) is 9.97 Å². The Bertz CT molecular complexity index is 280. The van der Waals surface area contributed by atoms with Crippen LogP contribution in [0.15, 0.2) is 11.4 Å². The predicted octanol–water partition coefficient (Wildman–Crippen LogP) is 0.842. The summed E-state index contributed by atoms with van der Waals surface area (Å²) in [5.41, 5.74) is 6.53. The molecule has 3 N–H and O–H groups in total. The molecule has 13 heavy (non-hydrogen) atoms. The van der Waals surface area contributed by atoms with Crippen molar-refractivity contribution in [2.45, 2.75) is 18.4 Å². The first-order chi connectivity index (χ1) is 6.25. The largest absolute Gasteiger partial charge is 0.396 e. The molecule has 4 nitrogen and oxygen atoms in total. The number of thioether (sulfide) groups is 1. The number of hydrogen-bond donors (Lipinski definition) is 2. The third kappa shape index (κ3) is 2.86. The Morgan fingerprint density at radius 1 is 1.54 bits per heavy atom. The van der Waals surface area contributed by atoms with Crippen molar-refractivity contribution in [2.24, 2.45) is 0 Å². The normalized spacial score (nSPS) is 10.3. The van der Waals surface area contributed by atoms with Crippen LogP contribution in [0.4, 0.5) is 5.82 Å². The van der Waals surface area contributed by atoms with Gasteiger partial charge in [0.25, 0.3) is 0 Å². The number of nitrogens with two attached hydrogens (primary N) is 1. The molecule has 0 spiro atoms. The van der Waals surface area contributed by atoms with Crippen molar-refractivity contribution in [3.05, 3.63) is 11.9 Å². The average Bonchev–Trinajstić information content (AvgIpc) is 2.13. The van der Waals surface area contributed by atoms with Crippen LogP contribution in [0, 0.1) is 6.92 Å². The number of nitrogens with zero attached hydrogens (tertiary/aromatic N) is 2. The Morgan fingerprint density at radius 2 is 2.31 bits per heavy atom. The van der Waals surface area contributed by atoms with Gasteiger partial charge in [0.15, 0.2) is 0 Å². The van der Waals surface area contributed by atoms with Crippen molar-refractivity contribution < 1.29 is 5.11 Å². The molecular formula is C8H13N3OS. The summed E-state index contributed by atoms with van der Waals surface area (Å²) in [6.07, 6.45) is 2.23. The minimum atomic E-state index is 0.215. The van der Waals surface area contributed by atoms with Crippen LogP contribution in [0.1, 0.15) is 12.0 Å². The van der Waals surface area contributed by atoms with Crippen LogP contribution < -0.4 is 5.73 Å². The van der Waals surface area contributed by atoms with Crippen LogP contribution in [0.3, 0.4) is 0 Å². The zero-order valence-electron chi connectivity index (χ0n) is 7.53. The summed E-state index contributed by atoms with van der Waals surface area (Å²) in [5, 5.41) is 9.50. The lowest BCUT2D eigenvalue weighted by atomic mass is 10.4. The predicted molar refractivity (Wildman–Crippen MR) is 53.6 cm³/mol. The number of nitrogen functional groups attached to an aromatic ring is 1. The Balaban J connectivity index is 2.61. The van der Waals surface area contributed by atoms with Crippen LogP contribution in [0.2, 0.25) is 0 Å². The standard InChI is InChI=1S/C8H13N3OS/c1-6-7(9)10-5-11-8(6)13-4-2-3-12/h5,12H,2-4H2,1H3,(H2,9,10,11). The lowest BCUT2D eigenvalue weighted by Crippen LogP contribution is -1.98. The molecule has 0 saturated carbocycles. The number of aliphatic hydroxyl groups is 1. The highest BCUT2D eigenvalue weighted by atomic mass is 32.2. The molecule has 0 amide bonds. The number of aromatic nitrogens is 2. The van der Waals surface area contributed by atoms with Gasteiger partial charge in [0, 0.05) is 17.9 Å². The summed E-state index contributed by atoms with van der Waals surface area (Å²) < 4.78 is 0. The maximum Gasteiger partial charge on any atom is 0.130 e. The van der Waals surface area contributed by atoms with Crippen LogP contribution in [-0.2, 0) is 0 Å². The fourth-order valence-corrected chi connectivity index (χ4v) is 1.74. The van der Waals surface area contributed by atoms with E-state index >= 15 is 0 Å². The summed E-state index contributed by atoms with van der Waals surface area (Å²) in [7, 11) is 0. The molecule has 1 heterocycles. The number of anilines is 1. The zero-order chi connectivity index (χ0) is 9.68. The lowest BCUT2D eigenvalue weighted by molar-refractivity contribution is 0.296. The Labute approximate surface area is 81.6 Å². The molecule has 0 atom stereocenters. The van der Waals surface area contributed by atoms with E-state index in [1.807, 2.05) is 6.92 Å². The molecule has 1 rings (SSSR count). The third-order valence-corrected chi connectivity index (χ3v) is 2.80. The number of hydrogen-bond acceptors (Lipinski definition) is 5. The molecule has 0 aromatic carbocycles. The second-order valence-electron chi connectivity index (χ2n) is 2.61. The summed E-state index contributed by atoms with van der Waals surface area (Å²) in [5.74, 6) is 1.38. The Hall–Kier alpha value is -0.810. The maximum atomic E-state index is 8.60. The van der Waals surface area contributed by atoms with E-state index in [4.69, 9.17) is 10.8 Å². The Morgan fingerprint density at radius 3 is 3.00 bits per heavy atom. The van der Waals surface area contributed by atoms with Crippen molar-refractivity contribution in [3.63, 3.8) is 0 Å². The minimum absolute atomic E-state index is 0.215. The molecule has 0 aliphatic carbocycles. The van der Waals surface area contributed by atoms with E-state index in [1.54, 1.807) is 11.8 Å². The van der Waals surface area contributed by atoms with Crippen molar-refractivity contribution in [1.29, 1.82) is 0 Å². The number of rotatable bonds is 4. The zero-order valence-corrected chi connectivity index (χ0v) is 8.34. The van der Waals surface area contributed by atoms with Crippen molar-refractivity contribution >= 4 is 17.6 Å². The fourth-order valence-electron chi connectivity index (χ4n) is 0.826. The first-order valence-electron chi connectivity index (χ1n) is 4.06. The van der Waals surface area contributed by atoms with Gasteiger partial charge in [0.2, 0.25) is 0 Å². The molecule has 0 aliphatic rings. The van der Waals surface area contributed by atoms with Gasteiger partial charge in [0.05, 0.1) is 0 Å². The van der Waals surface area contributed by atoms with Crippen LogP contribution in [0.25, 0.3) is 0 Å². The SMILES string of the molecule is Cc1c(N)ncnc1SCCCO. The molecule has 72 valence electrons. The van der Waals surface area contributed by atoms with E-state index in [0.29, 0.717) is 5.82 Å². The number of aliphatic hydroxyl groups excluding tert-OH is 1. The molecule has 0 saturated heterocycles. The van der Waals surface area contributed by atoms with Gasteiger partial charge in [-0.2, -0.15) is 0 Å². The first-order valence-corrected chi connectivity index (χ1v) is 5.05. The first kappa shape index (κ1) is 10.3. The maximum absolute atomic E-state index is 8.60. The molecule has 0 aliphatic heterocycles. The van der Waals surface area contributed by atoms with Gasteiger partial charge >= 0.3 is 0 Å².